The van der Waals surface area contributed by atoms with Gasteiger partial charge in [0.05, 0.1) is 0 Å². The van der Waals surface area contributed by atoms with Gasteiger partial charge in [-0.2, -0.15) is 0 Å². The number of hydrogen-bond acceptors (Lipinski definition) is 0. The van der Waals surface area contributed by atoms with Crippen LogP contribution < -0.4 is 0 Å². The second-order valence-corrected chi connectivity index (χ2v) is 17.3. The van der Waals surface area contributed by atoms with Crippen molar-refractivity contribution in [3.8, 4) is 33.4 Å². The molecule has 8 rings (SSSR count). The third-order valence-electron chi connectivity index (χ3n) is 12.8. The molecule has 0 unspecified atom stereocenters. The molecule has 0 atom stereocenters. The van der Waals surface area contributed by atoms with Crippen molar-refractivity contribution in [3.63, 3.8) is 0 Å². The van der Waals surface area contributed by atoms with Gasteiger partial charge in [-0.3, -0.25) is 0 Å². The van der Waals surface area contributed by atoms with Gasteiger partial charge in [-0.05, 0) is 153 Å². The van der Waals surface area contributed by atoms with Crippen LogP contribution in [0, 0.1) is 0 Å². The van der Waals surface area contributed by atoms with Crippen LogP contribution in [0.4, 0.5) is 0 Å². The van der Waals surface area contributed by atoms with Gasteiger partial charge in [0.15, 0.2) is 0 Å². The second-order valence-electron chi connectivity index (χ2n) is 17.3. The van der Waals surface area contributed by atoms with E-state index >= 15 is 0 Å². The first kappa shape index (κ1) is 57.1. The number of rotatable bonds is 13. The van der Waals surface area contributed by atoms with E-state index in [1.54, 1.807) is 0 Å². The van der Waals surface area contributed by atoms with E-state index < -0.39 is 0 Å². The molecule has 362 valence electrons. The lowest BCUT2D eigenvalue weighted by atomic mass is 9.96. The summed E-state index contributed by atoms with van der Waals surface area (Å²) in [6.07, 6.45) is 11.2. The number of benzene rings is 8. The SMILES string of the molecule is C.CCc1ccc(-c2ccccc2CC)cc1.CCc1ccc(CC)cc1.CCc1cccc(-c2cccc(CC)c2)c1.CCc1cccc(-c2ccccc2CC)c1.CCc1cccc(CC)c1. The molecule has 8 aromatic carbocycles. The molecule has 69 heavy (non-hydrogen) atoms. The Hall–Kier alpha value is -6.24. The monoisotopic (exact) mass is 915 g/mol. The van der Waals surface area contributed by atoms with Crippen molar-refractivity contribution in [2.75, 3.05) is 0 Å². The summed E-state index contributed by atoms with van der Waals surface area (Å²) in [7, 11) is 0. The molecule has 0 heteroatoms. The van der Waals surface area contributed by atoms with Crippen LogP contribution >= 0.6 is 0 Å². The third kappa shape index (κ3) is 19.0. The summed E-state index contributed by atoms with van der Waals surface area (Å²) in [6.45, 7) is 21.9. The van der Waals surface area contributed by atoms with Gasteiger partial charge >= 0.3 is 0 Å². The maximum Gasteiger partial charge on any atom is -0.0152 e. The van der Waals surface area contributed by atoms with Crippen LogP contribution in [0.1, 0.15) is 132 Å². The Morgan fingerprint density at radius 3 is 0.826 bits per heavy atom. The number of aryl methyl sites for hydroxylation is 10. The van der Waals surface area contributed by atoms with Crippen molar-refractivity contribution < 1.29 is 0 Å². The van der Waals surface area contributed by atoms with Crippen molar-refractivity contribution in [2.24, 2.45) is 0 Å². The van der Waals surface area contributed by atoms with Crippen molar-refractivity contribution in [1.82, 2.24) is 0 Å². The summed E-state index contributed by atoms with van der Waals surface area (Å²) in [5.41, 5.74) is 22.3. The van der Waals surface area contributed by atoms with E-state index in [1.807, 2.05) is 0 Å². The highest BCUT2D eigenvalue weighted by Crippen LogP contribution is 2.26. The van der Waals surface area contributed by atoms with Crippen molar-refractivity contribution in [1.29, 1.82) is 0 Å². The lowest BCUT2D eigenvalue weighted by Crippen LogP contribution is -1.88. The molecule has 0 saturated carbocycles. The van der Waals surface area contributed by atoms with Crippen LogP contribution in [0.5, 0.6) is 0 Å². The smallest absolute Gasteiger partial charge is 0.0152 e. The Morgan fingerprint density at radius 1 is 0.203 bits per heavy atom. The van der Waals surface area contributed by atoms with Gasteiger partial charge in [0.1, 0.15) is 0 Å². The summed E-state index contributed by atoms with van der Waals surface area (Å²) >= 11 is 0. The molecule has 0 fully saturated rings. The lowest BCUT2D eigenvalue weighted by molar-refractivity contribution is 1.09. The summed E-state index contributed by atoms with van der Waals surface area (Å²) in [6, 6.07) is 70.3. The van der Waals surface area contributed by atoms with E-state index in [1.165, 1.54) is 89.0 Å². The average molecular weight is 915 g/mol. The fraction of sp³-hybridized carbons (Fsp3) is 0.304. The summed E-state index contributed by atoms with van der Waals surface area (Å²) in [4.78, 5) is 0. The zero-order valence-electron chi connectivity index (χ0n) is 43.5. The van der Waals surface area contributed by atoms with Crippen LogP contribution in [-0.4, -0.2) is 0 Å². The maximum absolute atomic E-state index is 2.30. The molecule has 0 aromatic heterocycles. The van der Waals surface area contributed by atoms with Crippen molar-refractivity contribution in [2.45, 2.75) is 141 Å². The van der Waals surface area contributed by atoms with E-state index in [4.69, 9.17) is 0 Å². The van der Waals surface area contributed by atoms with Crippen LogP contribution in [0.15, 0.2) is 194 Å². The van der Waals surface area contributed by atoms with Gasteiger partial charge in [0, 0.05) is 0 Å². The molecule has 0 saturated heterocycles. The first-order chi connectivity index (χ1) is 33.3. The fourth-order valence-electron chi connectivity index (χ4n) is 8.12. The van der Waals surface area contributed by atoms with E-state index in [0.29, 0.717) is 0 Å². The van der Waals surface area contributed by atoms with Crippen molar-refractivity contribution >= 4 is 0 Å². The molecular weight excluding hydrogens is 829 g/mol. The zero-order chi connectivity index (χ0) is 48.9. The van der Waals surface area contributed by atoms with Gasteiger partial charge in [-0.25, -0.2) is 0 Å². The summed E-state index contributed by atoms with van der Waals surface area (Å²) < 4.78 is 0. The largest absolute Gasteiger partial charge is 0.0776 e. The normalized spacial score (nSPS) is 10.1. The zero-order valence-corrected chi connectivity index (χ0v) is 43.5. The first-order valence-corrected chi connectivity index (χ1v) is 25.9. The Kier molecular flexibility index (Phi) is 26.9. The standard InChI is InChI=1S/3C16H18.2C10H14.CH4/c1-3-13-7-5-9-15(11-13)16-10-6-8-14(4-2)12-16;1-3-13-8-7-10-15(12-13)16-11-6-5-9-14(16)4-2;1-3-13-9-11-15(12-10-13)16-8-6-5-7-14(16)4-2;1-3-9-5-7-10(4-2)8-6-9;1-3-9-6-5-7-10(4-2)8-9;/h3*5-12H,3-4H2,1-2H3;2*5-8H,3-4H2,1-2H3;1H4. The molecule has 0 aliphatic heterocycles. The van der Waals surface area contributed by atoms with Crippen LogP contribution in [0.25, 0.3) is 33.4 Å². The van der Waals surface area contributed by atoms with E-state index in [0.717, 1.165) is 64.2 Å². The van der Waals surface area contributed by atoms with E-state index in [-0.39, 0.29) is 7.43 Å². The van der Waals surface area contributed by atoms with Crippen LogP contribution in [0.2, 0.25) is 0 Å². The van der Waals surface area contributed by atoms with Crippen molar-refractivity contribution in [3.05, 3.63) is 250 Å². The molecule has 0 heterocycles. The molecule has 0 radical (unpaired) electrons. The highest BCUT2D eigenvalue weighted by Gasteiger charge is 2.04. The summed E-state index contributed by atoms with van der Waals surface area (Å²) in [5, 5.41) is 0. The maximum atomic E-state index is 2.30. The molecule has 0 bridgehead atoms. The minimum Gasteiger partial charge on any atom is -0.0776 e. The highest BCUT2D eigenvalue weighted by atomic mass is 14.1. The molecule has 0 nitrogen and oxygen atoms in total. The minimum atomic E-state index is 0. The Labute approximate surface area is 422 Å². The predicted octanol–water partition coefficient (Wildman–Crippen LogP) is 19.7. The molecule has 0 amide bonds. The van der Waals surface area contributed by atoms with Gasteiger partial charge in [0.2, 0.25) is 0 Å². The molecule has 0 N–H and O–H groups in total. The minimum absolute atomic E-state index is 0. The summed E-state index contributed by atoms with van der Waals surface area (Å²) in [5.74, 6) is 0. The molecule has 8 aromatic rings. The third-order valence-corrected chi connectivity index (χ3v) is 12.8. The van der Waals surface area contributed by atoms with Gasteiger partial charge in [0.25, 0.3) is 0 Å². The van der Waals surface area contributed by atoms with Crippen LogP contribution in [0.3, 0.4) is 0 Å². The second kappa shape index (κ2) is 32.5. The number of hydrogen-bond donors (Lipinski definition) is 0. The Bertz CT molecular complexity index is 2520. The highest BCUT2D eigenvalue weighted by molar-refractivity contribution is 5.69. The fourth-order valence-corrected chi connectivity index (χ4v) is 8.12. The average Bonchev–Trinajstić information content (AvgIpc) is 3.43. The van der Waals surface area contributed by atoms with Gasteiger partial charge in [-0.15, -0.1) is 0 Å². The van der Waals surface area contributed by atoms with Gasteiger partial charge in [-0.1, -0.05) is 271 Å². The molecular formula is C69H86. The molecule has 0 aliphatic carbocycles. The topological polar surface area (TPSA) is 0 Å². The first-order valence-electron chi connectivity index (χ1n) is 25.9. The Morgan fingerprint density at radius 2 is 0.478 bits per heavy atom. The van der Waals surface area contributed by atoms with E-state index in [2.05, 4.69) is 263 Å². The lowest BCUT2D eigenvalue weighted by Gasteiger charge is -2.08. The Balaban J connectivity index is 0.000000231. The molecule has 0 spiro atoms. The predicted molar refractivity (Wildman–Crippen MR) is 309 cm³/mol. The van der Waals surface area contributed by atoms with E-state index in [9.17, 15) is 0 Å². The quantitative estimate of drug-likeness (QED) is 0.108. The van der Waals surface area contributed by atoms with Crippen LogP contribution in [-0.2, 0) is 64.2 Å². The van der Waals surface area contributed by atoms with Gasteiger partial charge < -0.3 is 0 Å². The molecule has 0 aliphatic rings.